The average molecular weight is 279 g/mol. The number of alkyl halides is 2. The van der Waals surface area contributed by atoms with Gasteiger partial charge < -0.3 is 10.1 Å². The summed E-state index contributed by atoms with van der Waals surface area (Å²) >= 11 is 0. The minimum atomic E-state index is -4.60. The van der Waals surface area contributed by atoms with Crippen LogP contribution in [0.15, 0.2) is 29.2 Å². The summed E-state index contributed by atoms with van der Waals surface area (Å²) in [7, 11) is -3.26. The van der Waals surface area contributed by atoms with Gasteiger partial charge in [-0.15, -0.1) is 0 Å². The van der Waals surface area contributed by atoms with E-state index in [-0.39, 0.29) is 6.61 Å². The van der Waals surface area contributed by atoms with Crippen LogP contribution in [0.5, 0.6) is 0 Å². The van der Waals surface area contributed by atoms with Crippen LogP contribution in [-0.2, 0) is 19.4 Å². The number of sulfone groups is 1. The van der Waals surface area contributed by atoms with Crippen molar-refractivity contribution >= 4 is 21.4 Å². The van der Waals surface area contributed by atoms with Gasteiger partial charge in [-0.25, -0.2) is 8.42 Å². The van der Waals surface area contributed by atoms with Crippen molar-refractivity contribution in [1.82, 2.24) is 0 Å². The molecule has 0 spiro atoms. The van der Waals surface area contributed by atoms with E-state index < -0.39 is 26.4 Å². The quantitative estimate of drug-likeness (QED) is 0.881. The standard InChI is InChI=1S/C10H11F2NO4S/c1-17-6-9(14)13-7-2-4-8(5-3-7)18(15,16)10(11)12/h2-5,10H,6H2,1H3,(H,13,14). The van der Waals surface area contributed by atoms with Crippen molar-refractivity contribution in [3.8, 4) is 0 Å². The Kier molecular flexibility index (Phi) is 4.74. The second-order valence-electron chi connectivity index (χ2n) is 3.31. The summed E-state index contributed by atoms with van der Waals surface area (Å²) in [6.45, 7) is -0.156. The van der Waals surface area contributed by atoms with Gasteiger partial charge in [0, 0.05) is 12.8 Å². The fraction of sp³-hybridized carbons (Fsp3) is 0.300. The van der Waals surface area contributed by atoms with Crippen LogP contribution in [-0.4, -0.2) is 33.8 Å². The first-order valence-corrected chi connectivity index (χ1v) is 6.33. The van der Waals surface area contributed by atoms with E-state index >= 15 is 0 Å². The van der Waals surface area contributed by atoms with Crippen molar-refractivity contribution in [2.45, 2.75) is 10.7 Å². The summed E-state index contributed by atoms with van der Waals surface area (Å²) in [6, 6.07) is 4.46. The summed E-state index contributed by atoms with van der Waals surface area (Å²) in [5, 5.41) is 2.40. The van der Waals surface area contributed by atoms with Crippen molar-refractivity contribution in [1.29, 1.82) is 0 Å². The summed E-state index contributed by atoms with van der Waals surface area (Å²) in [5.41, 5.74) is 0.297. The normalized spacial score (nSPS) is 11.6. The molecule has 1 rings (SSSR count). The molecule has 1 amide bonds. The zero-order chi connectivity index (χ0) is 13.8. The molecule has 0 heterocycles. The number of ether oxygens (including phenoxy) is 1. The zero-order valence-corrected chi connectivity index (χ0v) is 10.2. The van der Waals surface area contributed by atoms with Gasteiger partial charge in [0.05, 0.1) is 4.90 Å². The molecule has 0 atom stereocenters. The number of halogens is 2. The smallest absolute Gasteiger partial charge is 0.341 e. The highest BCUT2D eigenvalue weighted by molar-refractivity contribution is 7.91. The van der Waals surface area contributed by atoms with Gasteiger partial charge in [0.2, 0.25) is 15.7 Å². The number of carbonyl (C=O) groups excluding carboxylic acids is 1. The molecule has 0 aliphatic carbocycles. The van der Waals surface area contributed by atoms with E-state index in [0.29, 0.717) is 5.69 Å². The number of amides is 1. The average Bonchev–Trinajstić information content (AvgIpc) is 2.29. The van der Waals surface area contributed by atoms with Crippen molar-refractivity contribution in [3.05, 3.63) is 24.3 Å². The van der Waals surface area contributed by atoms with Crippen molar-refractivity contribution in [2.24, 2.45) is 0 Å². The van der Waals surface area contributed by atoms with Gasteiger partial charge in [-0.1, -0.05) is 0 Å². The van der Waals surface area contributed by atoms with E-state index in [9.17, 15) is 22.0 Å². The molecular weight excluding hydrogens is 268 g/mol. The summed E-state index contributed by atoms with van der Waals surface area (Å²) in [5.74, 6) is -3.90. The Morgan fingerprint density at radius 1 is 1.33 bits per heavy atom. The van der Waals surface area contributed by atoms with Crippen LogP contribution in [0.4, 0.5) is 14.5 Å². The van der Waals surface area contributed by atoms with Crippen molar-refractivity contribution in [3.63, 3.8) is 0 Å². The lowest BCUT2D eigenvalue weighted by atomic mass is 10.3. The van der Waals surface area contributed by atoms with E-state index in [1.54, 1.807) is 0 Å². The fourth-order valence-electron chi connectivity index (χ4n) is 1.16. The number of nitrogens with one attached hydrogen (secondary N) is 1. The molecule has 0 bridgehead atoms. The predicted molar refractivity (Wildman–Crippen MR) is 60.1 cm³/mol. The monoisotopic (exact) mass is 279 g/mol. The van der Waals surface area contributed by atoms with E-state index in [4.69, 9.17) is 0 Å². The molecule has 100 valence electrons. The Hall–Kier alpha value is -1.54. The molecule has 18 heavy (non-hydrogen) atoms. The number of rotatable bonds is 5. The molecule has 1 aromatic carbocycles. The van der Waals surface area contributed by atoms with E-state index in [1.165, 1.54) is 19.2 Å². The van der Waals surface area contributed by atoms with Crippen LogP contribution >= 0.6 is 0 Å². The summed E-state index contributed by atoms with van der Waals surface area (Å²) in [6.07, 6.45) is 0. The van der Waals surface area contributed by atoms with Gasteiger partial charge >= 0.3 is 5.76 Å². The van der Waals surface area contributed by atoms with Gasteiger partial charge in [-0.3, -0.25) is 4.79 Å². The van der Waals surface area contributed by atoms with Gasteiger partial charge in [0.1, 0.15) is 6.61 Å². The molecule has 0 aromatic heterocycles. The summed E-state index contributed by atoms with van der Waals surface area (Å²) in [4.78, 5) is 10.6. The van der Waals surface area contributed by atoms with E-state index in [2.05, 4.69) is 10.1 Å². The Morgan fingerprint density at radius 3 is 2.33 bits per heavy atom. The van der Waals surface area contributed by atoms with Crippen LogP contribution in [0.1, 0.15) is 0 Å². The van der Waals surface area contributed by atoms with Gasteiger partial charge in [0.15, 0.2) is 0 Å². The highest BCUT2D eigenvalue weighted by Gasteiger charge is 2.26. The maximum Gasteiger partial charge on any atom is 0.341 e. The molecule has 0 radical (unpaired) electrons. The number of hydrogen-bond acceptors (Lipinski definition) is 4. The summed E-state index contributed by atoms with van der Waals surface area (Å²) < 4.78 is 51.3. The molecule has 0 saturated carbocycles. The third-order valence-electron chi connectivity index (χ3n) is 1.98. The fourth-order valence-corrected chi connectivity index (χ4v) is 1.88. The van der Waals surface area contributed by atoms with Gasteiger partial charge in [-0.05, 0) is 24.3 Å². The Balaban J connectivity index is 2.84. The molecule has 1 aromatic rings. The van der Waals surface area contributed by atoms with E-state index in [1.807, 2.05) is 0 Å². The molecule has 0 aliphatic rings. The molecule has 5 nitrogen and oxygen atoms in total. The van der Waals surface area contributed by atoms with Gasteiger partial charge in [0.25, 0.3) is 0 Å². The first-order valence-electron chi connectivity index (χ1n) is 4.79. The predicted octanol–water partition coefficient (Wildman–Crippen LogP) is 1.27. The van der Waals surface area contributed by atoms with Crippen LogP contribution in [0.25, 0.3) is 0 Å². The van der Waals surface area contributed by atoms with E-state index in [0.717, 1.165) is 12.1 Å². The van der Waals surface area contributed by atoms with Crippen molar-refractivity contribution in [2.75, 3.05) is 19.0 Å². The Bertz CT molecular complexity index is 513. The van der Waals surface area contributed by atoms with Crippen LogP contribution in [0.3, 0.4) is 0 Å². The first-order chi connectivity index (χ1) is 8.37. The molecule has 0 saturated heterocycles. The SMILES string of the molecule is COCC(=O)Nc1ccc(S(=O)(=O)C(F)F)cc1. The number of methoxy groups -OCH3 is 1. The Labute approximate surface area is 103 Å². The number of anilines is 1. The van der Waals surface area contributed by atoms with Crippen LogP contribution in [0, 0.1) is 0 Å². The van der Waals surface area contributed by atoms with Crippen LogP contribution in [0.2, 0.25) is 0 Å². The lowest BCUT2D eigenvalue weighted by Crippen LogP contribution is -2.17. The maximum absolute atomic E-state index is 12.2. The highest BCUT2D eigenvalue weighted by atomic mass is 32.2. The lowest BCUT2D eigenvalue weighted by molar-refractivity contribution is -0.119. The van der Waals surface area contributed by atoms with Gasteiger partial charge in [-0.2, -0.15) is 8.78 Å². The Morgan fingerprint density at radius 2 is 1.89 bits per heavy atom. The first kappa shape index (κ1) is 14.5. The number of hydrogen-bond donors (Lipinski definition) is 1. The second-order valence-corrected chi connectivity index (χ2v) is 5.23. The largest absolute Gasteiger partial charge is 0.375 e. The maximum atomic E-state index is 12.2. The topological polar surface area (TPSA) is 72.5 Å². The molecule has 0 unspecified atom stereocenters. The molecule has 8 heteroatoms. The third-order valence-corrected chi connectivity index (χ3v) is 3.37. The lowest BCUT2D eigenvalue weighted by Gasteiger charge is -2.06. The van der Waals surface area contributed by atoms with Crippen LogP contribution < -0.4 is 5.32 Å². The zero-order valence-electron chi connectivity index (χ0n) is 9.39. The second kappa shape index (κ2) is 5.87. The highest BCUT2D eigenvalue weighted by Crippen LogP contribution is 2.20. The minimum Gasteiger partial charge on any atom is -0.375 e. The molecular formula is C10H11F2NO4S. The molecule has 1 N–H and O–H groups in total. The molecule has 0 aliphatic heterocycles. The third kappa shape index (κ3) is 3.47. The number of carbonyl (C=O) groups is 1. The molecule has 0 fully saturated rings. The minimum absolute atomic E-state index is 0.156. The number of benzene rings is 1. The van der Waals surface area contributed by atoms with Crippen molar-refractivity contribution < 1.29 is 26.7 Å².